The predicted molar refractivity (Wildman–Crippen MR) is 96.0 cm³/mol. The molecule has 0 aromatic heterocycles. The van der Waals surface area contributed by atoms with Gasteiger partial charge in [-0.2, -0.15) is 0 Å². The van der Waals surface area contributed by atoms with Crippen molar-refractivity contribution in [1.82, 2.24) is 0 Å². The van der Waals surface area contributed by atoms with Crippen molar-refractivity contribution < 1.29 is 24.6 Å². The lowest BCUT2D eigenvalue weighted by molar-refractivity contribution is 0.0696. The number of hydrogen-bond acceptors (Lipinski definition) is 3. The van der Waals surface area contributed by atoms with Gasteiger partial charge < -0.3 is 15.9 Å². The third-order valence-corrected chi connectivity index (χ3v) is 3.90. The van der Waals surface area contributed by atoms with E-state index in [2.05, 4.69) is 0 Å². The number of aromatic carboxylic acids is 2. The van der Waals surface area contributed by atoms with Crippen LogP contribution in [0.3, 0.4) is 0 Å². The monoisotopic (exact) mass is 350 g/mol. The first-order chi connectivity index (χ1) is 12.4. The van der Waals surface area contributed by atoms with Crippen LogP contribution >= 0.6 is 0 Å². The van der Waals surface area contributed by atoms with E-state index >= 15 is 0 Å². The van der Waals surface area contributed by atoms with Crippen LogP contribution in [0.25, 0.3) is 10.8 Å². The number of amides is 2. The summed E-state index contributed by atoms with van der Waals surface area (Å²) in [6, 6.07) is 15.1. The molecule has 7 nitrogen and oxygen atoms in total. The molecule has 7 heteroatoms. The second-order valence-electron chi connectivity index (χ2n) is 5.55. The SMILES string of the molecule is NC(=O)N(c1cc(C(=O)O)cc(C(=O)O)c1)c1cccc2ccccc12. The fourth-order valence-electron chi connectivity index (χ4n) is 2.78. The van der Waals surface area contributed by atoms with Crippen LogP contribution in [0.5, 0.6) is 0 Å². The van der Waals surface area contributed by atoms with Gasteiger partial charge in [-0.1, -0.05) is 36.4 Å². The molecule has 0 radical (unpaired) electrons. The largest absolute Gasteiger partial charge is 0.478 e. The first-order valence-electron chi connectivity index (χ1n) is 7.57. The van der Waals surface area contributed by atoms with Crippen molar-refractivity contribution in [3.8, 4) is 0 Å². The second kappa shape index (κ2) is 6.56. The second-order valence-corrected chi connectivity index (χ2v) is 5.55. The van der Waals surface area contributed by atoms with Crippen LogP contribution in [-0.2, 0) is 0 Å². The Balaban J connectivity index is 2.28. The molecule has 0 heterocycles. The summed E-state index contributed by atoms with van der Waals surface area (Å²) in [6.07, 6.45) is 0. The van der Waals surface area contributed by atoms with Crippen molar-refractivity contribution in [3.05, 3.63) is 71.8 Å². The molecule has 0 atom stereocenters. The van der Waals surface area contributed by atoms with Crippen LogP contribution in [0.15, 0.2) is 60.7 Å². The minimum absolute atomic E-state index is 0.0613. The van der Waals surface area contributed by atoms with E-state index in [0.29, 0.717) is 11.1 Å². The average molecular weight is 350 g/mol. The summed E-state index contributed by atoms with van der Waals surface area (Å²) in [5.41, 5.74) is 5.51. The van der Waals surface area contributed by atoms with E-state index in [1.807, 2.05) is 18.2 Å². The van der Waals surface area contributed by atoms with E-state index < -0.39 is 18.0 Å². The van der Waals surface area contributed by atoms with E-state index in [1.54, 1.807) is 24.3 Å². The summed E-state index contributed by atoms with van der Waals surface area (Å²) in [5, 5.41) is 20.1. The first kappa shape index (κ1) is 17.0. The third kappa shape index (κ3) is 3.05. The molecule has 2 amide bonds. The molecule has 0 aliphatic rings. The Morgan fingerprint density at radius 1 is 0.808 bits per heavy atom. The van der Waals surface area contributed by atoms with E-state index in [4.69, 9.17) is 5.73 Å². The van der Waals surface area contributed by atoms with Crippen molar-refractivity contribution in [1.29, 1.82) is 0 Å². The molecular weight excluding hydrogens is 336 g/mol. The Labute approximate surface area is 147 Å². The van der Waals surface area contributed by atoms with Crippen LogP contribution in [-0.4, -0.2) is 28.2 Å². The first-order valence-corrected chi connectivity index (χ1v) is 7.57. The van der Waals surface area contributed by atoms with Crippen molar-refractivity contribution in [2.24, 2.45) is 5.73 Å². The van der Waals surface area contributed by atoms with Gasteiger partial charge in [-0.25, -0.2) is 14.4 Å². The molecule has 0 aliphatic heterocycles. The molecule has 3 aromatic rings. The molecule has 0 spiro atoms. The molecule has 0 saturated carbocycles. The number of anilines is 2. The Morgan fingerprint density at radius 2 is 1.38 bits per heavy atom. The summed E-state index contributed by atoms with van der Waals surface area (Å²) in [7, 11) is 0. The van der Waals surface area contributed by atoms with Crippen molar-refractivity contribution in [2.45, 2.75) is 0 Å². The summed E-state index contributed by atoms with van der Waals surface area (Å²) < 4.78 is 0. The Bertz CT molecular complexity index is 1010. The Kier molecular flexibility index (Phi) is 4.28. The van der Waals surface area contributed by atoms with Crippen molar-refractivity contribution >= 4 is 40.1 Å². The minimum Gasteiger partial charge on any atom is -0.478 e. The van der Waals surface area contributed by atoms with Gasteiger partial charge in [-0.15, -0.1) is 0 Å². The number of rotatable bonds is 4. The van der Waals surface area contributed by atoms with E-state index in [1.165, 1.54) is 12.1 Å². The van der Waals surface area contributed by atoms with E-state index in [0.717, 1.165) is 16.4 Å². The van der Waals surface area contributed by atoms with Gasteiger partial charge in [0.25, 0.3) is 0 Å². The predicted octanol–water partition coefficient (Wildman–Crippen LogP) is 3.45. The molecule has 0 bridgehead atoms. The Morgan fingerprint density at radius 3 is 1.96 bits per heavy atom. The van der Waals surface area contributed by atoms with Gasteiger partial charge in [0.05, 0.1) is 22.5 Å². The van der Waals surface area contributed by atoms with Crippen LogP contribution in [0.2, 0.25) is 0 Å². The standard InChI is InChI=1S/C19H14N2O5/c20-19(26)21(16-7-3-5-11-4-1-2-6-15(11)16)14-9-12(17(22)23)8-13(10-14)18(24)25/h1-10H,(H2,20,26)(H,22,23)(H,24,25). The molecule has 0 aliphatic carbocycles. The third-order valence-electron chi connectivity index (χ3n) is 3.90. The number of carbonyl (C=O) groups is 3. The number of benzene rings is 3. The zero-order valence-electron chi connectivity index (χ0n) is 13.4. The number of primary amides is 1. The number of carbonyl (C=O) groups excluding carboxylic acids is 1. The molecule has 130 valence electrons. The molecule has 26 heavy (non-hydrogen) atoms. The number of nitrogens with two attached hydrogens (primary N) is 1. The summed E-state index contributed by atoms with van der Waals surface area (Å²) in [5.74, 6) is -2.62. The van der Waals surface area contributed by atoms with Crippen molar-refractivity contribution in [3.63, 3.8) is 0 Å². The highest BCUT2D eigenvalue weighted by Crippen LogP contribution is 2.33. The number of hydrogen-bond donors (Lipinski definition) is 3. The van der Waals surface area contributed by atoms with E-state index in [9.17, 15) is 24.6 Å². The maximum absolute atomic E-state index is 12.2. The fourth-order valence-corrected chi connectivity index (χ4v) is 2.78. The lowest BCUT2D eigenvalue weighted by Gasteiger charge is -2.23. The zero-order valence-corrected chi connectivity index (χ0v) is 13.4. The topological polar surface area (TPSA) is 121 Å². The van der Waals surface area contributed by atoms with Gasteiger partial charge >= 0.3 is 18.0 Å². The smallest absolute Gasteiger partial charge is 0.335 e. The number of carboxylic acids is 2. The molecular formula is C19H14N2O5. The summed E-state index contributed by atoms with van der Waals surface area (Å²) >= 11 is 0. The van der Waals surface area contributed by atoms with Gasteiger partial charge in [-0.05, 0) is 29.7 Å². The molecule has 0 fully saturated rings. The normalized spacial score (nSPS) is 10.5. The highest BCUT2D eigenvalue weighted by atomic mass is 16.4. The van der Waals surface area contributed by atoms with Crippen LogP contribution in [0.4, 0.5) is 16.2 Å². The maximum atomic E-state index is 12.2. The Hall–Kier alpha value is -3.87. The maximum Gasteiger partial charge on any atom is 0.335 e. The highest BCUT2D eigenvalue weighted by Gasteiger charge is 2.21. The minimum atomic E-state index is -1.31. The van der Waals surface area contributed by atoms with Crippen LogP contribution < -0.4 is 10.6 Å². The van der Waals surface area contributed by atoms with Gasteiger partial charge in [0.15, 0.2) is 0 Å². The quantitative estimate of drug-likeness (QED) is 0.665. The van der Waals surface area contributed by atoms with E-state index in [-0.39, 0.29) is 16.8 Å². The van der Waals surface area contributed by atoms with Crippen LogP contribution in [0, 0.1) is 0 Å². The van der Waals surface area contributed by atoms with Gasteiger partial charge in [0.2, 0.25) is 0 Å². The molecule has 0 unspecified atom stereocenters. The lowest BCUT2D eigenvalue weighted by atomic mass is 10.1. The molecule has 4 N–H and O–H groups in total. The van der Waals surface area contributed by atoms with Gasteiger partial charge in [0, 0.05) is 5.39 Å². The van der Waals surface area contributed by atoms with Crippen LogP contribution in [0.1, 0.15) is 20.7 Å². The molecule has 0 saturated heterocycles. The number of urea groups is 1. The molecule has 3 aromatic carbocycles. The number of fused-ring (bicyclic) bond motifs is 1. The summed E-state index contributed by atoms with van der Waals surface area (Å²) in [4.78, 5) is 35.9. The zero-order chi connectivity index (χ0) is 18.8. The lowest BCUT2D eigenvalue weighted by Crippen LogP contribution is -2.32. The van der Waals surface area contributed by atoms with Crippen molar-refractivity contribution in [2.75, 3.05) is 4.90 Å². The highest BCUT2D eigenvalue weighted by molar-refractivity contribution is 6.08. The van der Waals surface area contributed by atoms with Gasteiger partial charge in [-0.3, -0.25) is 4.90 Å². The summed E-state index contributed by atoms with van der Waals surface area (Å²) in [6.45, 7) is 0. The fraction of sp³-hybridized carbons (Fsp3) is 0. The average Bonchev–Trinajstić information content (AvgIpc) is 2.61. The van der Waals surface area contributed by atoms with Gasteiger partial charge in [0.1, 0.15) is 0 Å². The number of carboxylic acid groups (broad SMARTS) is 2. The number of nitrogens with zero attached hydrogens (tertiary/aromatic N) is 1. The molecule has 3 rings (SSSR count).